The minimum atomic E-state index is -2.72. The molecule has 1 amide bonds. The van der Waals surface area contributed by atoms with Gasteiger partial charge in [0.25, 0.3) is 0 Å². The molecular weight excluding hydrogens is 190 g/mol. The monoisotopic (exact) mass is 202 g/mol. The van der Waals surface area contributed by atoms with Crippen LogP contribution in [0.4, 0.5) is 8.78 Å². The Bertz CT molecular complexity index is 260. The van der Waals surface area contributed by atoms with Crippen molar-refractivity contribution in [3.05, 3.63) is 0 Å². The zero-order chi connectivity index (χ0) is 10.6. The fourth-order valence-corrected chi connectivity index (χ4v) is 1.67. The van der Waals surface area contributed by atoms with Gasteiger partial charge in [-0.2, -0.15) is 5.26 Å². The van der Waals surface area contributed by atoms with E-state index in [1.165, 1.54) is 0 Å². The first-order chi connectivity index (χ1) is 6.55. The van der Waals surface area contributed by atoms with Gasteiger partial charge in [0, 0.05) is 18.8 Å². The Kier molecular flexibility index (Phi) is 3.39. The molecule has 1 rings (SSSR count). The molecule has 0 unspecified atom stereocenters. The molecule has 0 aromatic rings. The largest absolute Gasteiger partial charge is 0.343 e. The lowest BCUT2D eigenvalue weighted by molar-refractivity contribution is -0.131. The average Bonchev–Trinajstić information content (AvgIpc) is 2.12. The number of rotatable bonds is 2. The molecule has 0 aliphatic heterocycles. The molecule has 3 nitrogen and oxygen atoms in total. The fourth-order valence-electron chi connectivity index (χ4n) is 1.67. The zero-order valence-electron chi connectivity index (χ0n) is 7.72. The van der Waals surface area contributed by atoms with E-state index in [0.717, 1.165) is 0 Å². The van der Waals surface area contributed by atoms with Gasteiger partial charge >= 0.3 is 0 Å². The van der Waals surface area contributed by atoms with Crippen LogP contribution in [-0.4, -0.2) is 18.4 Å². The molecule has 78 valence electrons. The molecule has 0 heterocycles. The van der Waals surface area contributed by atoms with Gasteiger partial charge in [0.2, 0.25) is 11.8 Å². The molecule has 1 atom stereocenters. The van der Waals surface area contributed by atoms with Crippen molar-refractivity contribution in [3.63, 3.8) is 0 Å². The van der Waals surface area contributed by atoms with Crippen LogP contribution in [0.1, 0.15) is 25.7 Å². The molecule has 5 heteroatoms. The Balaban J connectivity index is 2.44. The smallest absolute Gasteiger partial charge is 0.248 e. The molecule has 1 saturated carbocycles. The van der Waals surface area contributed by atoms with Crippen LogP contribution in [0.5, 0.6) is 0 Å². The van der Waals surface area contributed by atoms with E-state index in [2.05, 4.69) is 5.32 Å². The molecule has 0 aromatic heterocycles. The highest BCUT2D eigenvalue weighted by Gasteiger charge is 2.38. The summed E-state index contributed by atoms with van der Waals surface area (Å²) in [6.45, 7) is -0.110. The van der Waals surface area contributed by atoms with Gasteiger partial charge in [-0.1, -0.05) is 0 Å². The quantitative estimate of drug-likeness (QED) is 0.689. The topological polar surface area (TPSA) is 52.9 Å². The second-order valence-electron chi connectivity index (χ2n) is 3.53. The predicted molar refractivity (Wildman–Crippen MR) is 45.5 cm³/mol. The number of nitrogens with one attached hydrogen (secondary N) is 1. The Hall–Kier alpha value is -1.18. The third kappa shape index (κ3) is 2.95. The molecule has 0 aromatic carbocycles. The highest BCUT2D eigenvalue weighted by molar-refractivity contribution is 5.79. The van der Waals surface area contributed by atoms with Crippen molar-refractivity contribution < 1.29 is 13.6 Å². The molecule has 14 heavy (non-hydrogen) atoms. The van der Waals surface area contributed by atoms with Gasteiger partial charge in [0.15, 0.2) is 0 Å². The number of carbonyl (C=O) groups is 1. The van der Waals surface area contributed by atoms with E-state index in [-0.39, 0.29) is 19.4 Å². The van der Waals surface area contributed by atoms with Crippen molar-refractivity contribution in [2.45, 2.75) is 31.6 Å². The molecule has 0 saturated heterocycles. The van der Waals surface area contributed by atoms with Crippen LogP contribution in [-0.2, 0) is 4.79 Å². The van der Waals surface area contributed by atoms with Gasteiger partial charge in [0.05, 0.1) is 6.07 Å². The van der Waals surface area contributed by atoms with Crippen LogP contribution >= 0.6 is 0 Å². The SMILES string of the molecule is N#CCNC(=O)[C@H]1CCCC(F)(F)C1. The third-order valence-corrected chi connectivity index (χ3v) is 2.35. The predicted octanol–water partition coefficient (Wildman–Crippen LogP) is 1.45. The number of alkyl halides is 2. The zero-order valence-corrected chi connectivity index (χ0v) is 7.72. The normalized spacial score (nSPS) is 25.1. The van der Waals surface area contributed by atoms with E-state index < -0.39 is 17.7 Å². The van der Waals surface area contributed by atoms with Crippen molar-refractivity contribution in [1.29, 1.82) is 5.26 Å². The Morgan fingerprint density at radius 2 is 2.36 bits per heavy atom. The number of amides is 1. The molecule has 0 bridgehead atoms. The van der Waals surface area contributed by atoms with Crippen molar-refractivity contribution in [2.75, 3.05) is 6.54 Å². The van der Waals surface area contributed by atoms with Crippen molar-refractivity contribution in [3.8, 4) is 6.07 Å². The van der Waals surface area contributed by atoms with E-state index in [1.54, 1.807) is 6.07 Å². The van der Waals surface area contributed by atoms with Crippen LogP contribution in [0, 0.1) is 17.2 Å². The molecule has 1 aliphatic rings. The second-order valence-corrected chi connectivity index (χ2v) is 3.53. The van der Waals surface area contributed by atoms with Gasteiger partial charge in [-0.25, -0.2) is 8.78 Å². The van der Waals surface area contributed by atoms with Crippen molar-refractivity contribution in [1.82, 2.24) is 5.32 Å². The summed E-state index contributed by atoms with van der Waals surface area (Å²) >= 11 is 0. The van der Waals surface area contributed by atoms with E-state index in [9.17, 15) is 13.6 Å². The molecule has 0 radical (unpaired) electrons. The van der Waals surface area contributed by atoms with Crippen molar-refractivity contribution in [2.24, 2.45) is 5.92 Å². The number of hydrogen-bond acceptors (Lipinski definition) is 2. The standard InChI is InChI=1S/C9H12F2N2O/c10-9(11)3-1-2-7(6-9)8(14)13-5-4-12/h7H,1-3,5-6H2,(H,13,14)/t7-/m0/s1. The Morgan fingerprint density at radius 3 is 2.93 bits per heavy atom. The summed E-state index contributed by atoms with van der Waals surface area (Å²) in [6, 6.07) is 1.74. The first-order valence-corrected chi connectivity index (χ1v) is 4.58. The van der Waals surface area contributed by atoms with Crippen LogP contribution < -0.4 is 5.32 Å². The van der Waals surface area contributed by atoms with E-state index in [0.29, 0.717) is 12.8 Å². The van der Waals surface area contributed by atoms with Crippen LogP contribution in [0.3, 0.4) is 0 Å². The van der Waals surface area contributed by atoms with Crippen LogP contribution in [0.15, 0.2) is 0 Å². The van der Waals surface area contributed by atoms with Gasteiger partial charge in [-0.3, -0.25) is 4.79 Å². The number of halogens is 2. The minimum absolute atomic E-state index is 0.110. The maximum Gasteiger partial charge on any atom is 0.248 e. The summed E-state index contributed by atoms with van der Waals surface area (Å²) in [7, 11) is 0. The molecule has 1 aliphatic carbocycles. The first-order valence-electron chi connectivity index (χ1n) is 4.58. The number of carbonyl (C=O) groups excluding carboxylic acids is 1. The van der Waals surface area contributed by atoms with Gasteiger partial charge < -0.3 is 5.32 Å². The maximum atomic E-state index is 12.9. The maximum absolute atomic E-state index is 12.9. The second kappa shape index (κ2) is 4.36. The lowest BCUT2D eigenvalue weighted by Crippen LogP contribution is -2.37. The molecule has 0 spiro atoms. The molecular formula is C9H12F2N2O. The lowest BCUT2D eigenvalue weighted by atomic mass is 9.86. The van der Waals surface area contributed by atoms with Gasteiger partial charge in [-0.05, 0) is 12.8 Å². The minimum Gasteiger partial charge on any atom is -0.343 e. The third-order valence-electron chi connectivity index (χ3n) is 2.35. The summed E-state index contributed by atoms with van der Waals surface area (Å²) in [4.78, 5) is 11.2. The van der Waals surface area contributed by atoms with E-state index in [4.69, 9.17) is 5.26 Å². The first kappa shape index (κ1) is 10.9. The Morgan fingerprint density at radius 1 is 1.64 bits per heavy atom. The summed E-state index contributed by atoms with van der Waals surface area (Å²) in [5.41, 5.74) is 0. The summed E-state index contributed by atoms with van der Waals surface area (Å²) in [6.07, 6.45) is 0.351. The summed E-state index contributed by atoms with van der Waals surface area (Å²) < 4.78 is 25.8. The van der Waals surface area contributed by atoms with E-state index >= 15 is 0 Å². The highest BCUT2D eigenvalue weighted by atomic mass is 19.3. The average molecular weight is 202 g/mol. The summed E-state index contributed by atoms with van der Waals surface area (Å²) in [5, 5.41) is 10.5. The lowest BCUT2D eigenvalue weighted by Gasteiger charge is -2.27. The van der Waals surface area contributed by atoms with Crippen LogP contribution in [0.25, 0.3) is 0 Å². The fraction of sp³-hybridized carbons (Fsp3) is 0.778. The molecule has 1 N–H and O–H groups in total. The van der Waals surface area contributed by atoms with Gasteiger partial charge in [-0.15, -0.1) is 0 Å². The van der Waals surface area contributed by atoms with Crippen molar-refractivity contribution >= 4 is 5.91 Å². The number of nitrogens with zero attached hydrogens (tertiary/aromatic N) is 1. The molecule has 1 fully saturated rings. The number of hydrogen-bond donors (Lipinski definition) is 1. The van der Waals surface area contributed by atoms with Gasteiger partial charge in [0.1, 0.15) is 6.54 Å². The Labute approximate surface area is 81.1 Å². The summed E-state index contributed by atoms with van der Waals surface area (Å²) in [5.74, 6) is -3.77. The van der Waals surface area contributed by atoms with E-state index in [1.807, 2.05) is 0 Å². The number of nitriles is 1. The highest BCUT2D eigenvalue weighted by Crippen LogP contribution is 2.36. The van der Waals surface area contributed by atoms with Crippen LogP contribution in [0.2, 0.25) is 0 Å².